The van der Waals surface area contributed by atoms with E-state index in [1.807, 2.05) is 0 Å². The number of amides is 1. The Morgan fingerprint density at radius 3 is 2.79 bits per heavy atom. The Morgan fingerprint density at radius 2 is 2.21 bits per heavy atom. The van der Waals surface area contributed by atoms with Crippen LogP contribution in [0.15, 0.2) is 18.2 Å². The second kappa shape index (κ2) is 7.29. The molecule has 0 aliphatic carbocycles. The lowest BCUT2D eigenvalue weighted by Crippen LogP contribution is -2.14. The fourth-order valence-corrected chi connectivity index (χ4v) is 1.41. The van der Waals surface area contributed by atoms with Gasteiger partial charge in [-0.05, 0) is 12.1 Å². The van der Waals surface area contributed by atoms with Gasteiger partial charge in [-0.1, -0.05) is 0 Å². The summed E-state index contributed by atoms with van der Waals surface area (Å²) in [5, 5.41) is 22.1. The van der Waals surface area contributed by atoms with Crippen LogP contribution in [-0.2, 0) is 4.74 Å². The smallest absolute Gasteiger partial charge is 0.292 e. The third kappa shape index (κ3) is 4.53. The van der Waals surface area contributed by atoms with Crippen molar-refractivity contribution in [1.82, 2.24) is 0 Å². The molecule has 0 saturated carbocycles. The van der Waals surface area contributed by atoms with Gasteiger partial charge in [-0.25, -0.2) is 0 Å². The fourth-order valence-electron chi connectivity index (χ4n) is 1.41. The molecule has 8 heteroatoms. The fraction of sp³-hybridized carbons (Fsp3) is 0.364. The van der Waals surface area contributed by atoms with Crippen molar-refractivity contribution >= 4 is 17.3 Å². The molecule has 0 aliphatic heterocycles. The van der Waals surface area contributed by atoms with E-state index in [1.54, 1.807) is 0 Å². The van der Waals surface area contributed by atoms with Gasteiger partial charge in [-0.15, -0.1) is 0 Å². The Kier molecular flexibility index (Phi) is 5.71. The van der Waals surface area contributed by atoms with Crippen molar-refractivity contribution in [2.75, 3.05) is 31.7 Å². The third-order valence-electron chi connectivity index (χ3n) is 2.28. The molecule has 0 unspecified atom stereocenters. The van der Waals surface area contributed by atoms with Gasteiger partial charge in [0.05, 0.1) is 24.7 Å². The summed E-state index contributed by atoms with van der Waals surface area (Å²) < 4.78 is 5.01. The van der Waals surface area contributed by atoms with E-state index in [0.29, 0.717) is 6.54 Å². The van der Waals surface area contributed by atoms with Gasteiger partial charge >= 0.3 is 0 Å². The number of primary amides is 1. The molecule has 8 nitrogen and oxygen atoms in total. The molecule has 0 saturated heterocycles. The van der Waals surface area contributed by atoms with Crippen LogP contribution < -0.4 is 11.1 Å². The van der Waals surface area contributed by atoms with E-state index in [4.69, 9.17) is 15.6 Å². The number of carbonyl (C=O) groups excluding carboxylic acids is 1. The highest BCUT2D eigenvalue weighted by molar-refractivity contribution is 5.94. The monoisotopic (exact) mass is 269 g/mol. The average Bonchev–Trinajstić information content (AvgIpc) is 2.38. The van der Waals surface area contributed by atoms with Crippen molar-refractivity contribution in [2.24, 2.45) is 5.73 Å². The molecule has 1 aromatic carbocycles. The Balaban J connectivity index is 2.74. The topological polar surface area (TPSA) is 128 Å². The van der Waals surface area contributed by atoms with Gasteiger partial charge in [-0.2, -0.15) is 0 Å². The van der Waals surface area contributed by atoms with Gasteiger partial charge in [-0.3, -0.25) is 14.9 Å². The molecule has 0 spiro atoms. The standard InChI is InChI=1S/C11H15N3O5/c12-11(16)8-1-2-10(14(17)18)9(7-8)13-3-5-19-6-4-15/h1-2,7,13,15H,3-6H2,(H2,12,16). The number of nitrogens with one attached hydrogen (secondary N) is 1. The summed E-state index contributed by atoms with van der Waals surface area (Å²) in [5.74, 6) is -0.658. The number of rotatable bonds is 8. The molecule has 0 atom stereocenters. The van der Waals surface area contributed by atoms with Gasteiger partial charge < -0.3 is 20.9 Å². The summed E-state index contributed by atoms with van der Waals surface area (Å²) in [6, 6.07) is 3.84. The Hall–Kier alpha value is -2.19. The van der Waals surface area contributed by atoms with Crippen molar-refractivity contribution in [2.45, 2.75) is 0 Å². The van der Waals surface area contributed by atoms with Crippen molar-refractivity contribution in [3.63, 3.8) is 0 Å². The molecule has 1 aromatic rings. The van der Waals surface area contributed by atoms with Gasteiger partial charge in [0.15, 0.2) is 0 Å². The number of nitro groups is 1. The molecule has 0 heterocycles. The summed E-state index contributed by atoms with van der Waals surface area (Å²) in [5.41, 5.74) is 5.36. The van der Waals surface area contributed by atoms with Crippen LogP contribution in [0.1, 0.15) is 10.4 Å². The van der Waals surface area contributed by atoms with E-state index in [0.717, 1.165) is 0 Å². The molecule has 104 valence electrons. The number of nitrogens with two attached hydrogens (primary N) is 1. The zero-order valence-electron chi connectivity index (χ0n) is 10.2. The zero-order chi connectivity index (χ0) is 14.3. The van der Waals surface area contributed by atoms with E-state index in [1.165, 1.54) is 18.2 Å². The summed E-state index contributed by atoms with van der Waals surface area (Å²) >= 11 is 0. The molecule has 1 amide bonds. The number of carbonyl (C=O) groups is 1. The van der Waals surface area contributed by atoms with Crippen LogP contribution >= 0.6 is 0 Å². The number of ether oxygens (including phenoxy) is 1. The number of aliphatic hydroxyl groups excluding tert-OH is 1. The van der Waals surface area contributed by atoms with E-state index in [-0.39, 0.29) is 36.8 Å². The maximum absolute atomic E-state index is 11.0. The minimum absolute atomic E-state index is 0.0860. The van der Waals surface area contributed by atoms with Crippen LogP contribution in [0.4, 0.5) is 11.4 Å². The molecular formula is C11H15N3O5. The first-order valence-electron chi connectivity index (χ1n) is 5.57. The molecular weight excluding hydrogens is 254 g/mol. The van der Waals surface area contributed by atoms with Gasteiger partial charge in [0.2, 0.25) is 5.91 Å². The average molecular weight is 269 g/mol. The minimum atomic E-state index is -0.658. The number of aliphatic hydroxyl groups is 1. The van der Waals surface area contributed by atoms with E-state index in [2.05, 4.69) is 5.32 Å². The number of nitro benzene ring substituents is 1. The van der Waals surface area contributed by atoms with Gasteiger partial charge in [0.1, 0.15) is 5.69 Å². The van der Waals surface area contributed by atoms with Crippen LogP contribution in [0, 0.1) is 10.1 Å². The molecule has 4 N–H and O–H groups in total. The first kappa shape index (κ1) is 14.9. The Morgan fingerprint density at radius 1 is 1.47 bits per heavy atom. The molecule has 0 radical (unpaired) electrons. The van der Waals surface area contributed by atoms with Crippen molar-refractivity contribution in [3.8, 4) is 0 Å². The van der Waals surface area contributed by atoms with Crippen molar-refractivity contribution in [3.05, 3.63) is 33.9 Å². The Labute approximate surface area is 109 Å². The van der Waals surface area contributed by atoms with E-state index < -0.39 is 10.8 Å². The lowest BCUT2D eigenvalue weighted by atomic mass is 10.1. The minimum Gasteiger partial charge on any atom is -0.394 e. The lowest BCUT2D eigenvalue weighted by Gasteiger charge is -2.08. The van der Waals surface area contributed by atoms with Crippen molar-refractivity contribution in [1.29, 1.82) is 0 Å². The molecule has 0 fully saturated rings. The predicted molar refractivity (Wildman–Crippen MR) is 68.0 cm³/mol. The normalized spacial score (nSPS) is 10.2. The lowest BCUT2D eigenvalue weighted by molar-refractivity contribution is -0.384. The highest BCUT2D eigenvalue weighted by Gasteiger charge is 2.15. The molecule has 0 bridgehead atoms. The summed E-state index contributed by atoms with van der Waals surface area (Å²) in [4.78, 5) is 21.3. The van der Waals surface area contributed by atoms with Gasteiger partial charge in [0, 0.05) is 18.2 Å². The second-order valence-corrected chi connectivity index (χ2v) is 3.62. The largest absolute Gasteiger partial charge is 0.394 e. The van der Waals surface area contributed by atoms with E-state index >= 15 is 0 Å². The maximum Gasteiger partial charge on any atom is 0.292 e. The van der Waals surface area contributed by atoms with Crippen LogP contribution in [-0.4, -0.2) is 42.3 Å². The maximum atomic E-state index is 11.0. The van der Waals surface area contributed by atoms with E-state index in [9.17, 15) is 14.9 Å². The second-order valence-electron chi connectivity index (χ2n) is 3.62. The number of nitrogens with zero attached hydrogens (tertiary/aromatic N) is 1. The number of hydrogen-bond donors (Lipinski definition) is 3. The zero-order valence-corrected chi connectivity index (χ0v) is 10.2. The highest BCUT2D eigenvalue weighted by Crippen LogP contribution is 2.25. The SMILES string of the molecule is NC(=O)c1ccc([N+](=O)[O-])c(NCCOCCO)c1. The first-order valence-corrected chi connectivity index (χ1v) is 5.57. The number of hydrogen-bond acceptors (Lipinski definition) is 6. The number of anilines is 1. The molecule has 0 aliphatic rings. The molecule has 1 rings (SSSR count). The van der Waals surface area contributed by atoms with Crippen LogP contribution in [0.3, 0.4) is 0 Å². The van der Waals surface area contributed by atoms with Crippen LogP contribution in [0.5, 0.6) is 0 Å². The number of benzene rings is 1. The quantitative estimate of drug-likeness (QED) is 0.349. The Bertz CT molecular complexity index is 464. The highest BCUT2D eigenvalue weighted by atomic mass is 16.6. The van der Waals surface area contributed by atoms with Crippen LogP contribution in [0.25, 0.3) is 0 Å². The summed E-state index contributed by atoms with van der Waals surface area (Å²) in [7, 11) is 0. The molecule has 19 heavy (non-hydrogen) atoms. The summed E-state index contributed by atoms with van der Waals surface area (Å²) in [6.07, 6.45) is 0. The summed E-state index contributed by atoms with van der Waals surface area (Å²) in [6.45, 7) is 0.698. The molecule has 0 aromatic heterocycles. The predicted octanol–water partition coefficient (Wildman–Crippen LogP) is 0.114. The first-order chi connectivity index (χ1) is 9.06. The third-order valence-corrected chi connectivity index (χ3v) is 2.28. The van der Waals surface area contributed by atoms with Crippen molar-refractivity contribution < 1.29 is 19.6 Å². The van der Waals surface area contributed by atoms with Gasteiger partial charge in [0.25, 0.3) is 5.69 Å². The van der Waals surface area contributed by atoms with Crippen LogP contribution in [0.2, 0.25) is 0 Å².